The van der Waals surface area contributed by atoms with E-state index in [0.717, 1.165) is 5.01 Å². The van der Waals surface area contributed by atoms with Gasteiger partial charge in [-0.2, -0.15) is 5.10 Å². The van der Waals surface area contributed by atoms with Gasteiger partial charge in [-0.15, -0.1) is 0 Å². The van der Waals surface area contributed by atoms with Crippen LogP contribution in [0.4, 0.5) is 4.79 Å². The number of hydrogen-bond donors (Lipinski definition) is 2. The van der Waals surface area contributed by atoms with Gasteiger partial charge in [-0.05, 0) is 6.92 Å². The minimum Gasteiger partial charge on any atom is -0.267 e. The van der Waals surface area contributed by atoms with Crippen LogP contribution in [0.25, 0.3) is 0 Å². The van der Waals surface area contributed by atoms with E-state index < -0.39 is 11.9 Å². The molecule has 0 saturated carbocycles. The monoisotopic (exact) mass is 234 g/mol. The van der Waals surface area contributed by atoms with Crippen LogP contribution in [-0.4, -0.2) is 39.2 Å². The lowest BCUT2D eigenvalue weighted by Gasteiger charge is -2.25. The predicted octanol–water partition coefficient (Wildman–Crippen LogP) is -0.478. The number of hydrazine groups is 1. The highest BCUT2D eigenvalue weighted by Gasteiger charge is 2.21. The van der Waals surface area contributed by atoms with Gasteiger partial charge in [0.1, 0.15) is 6.33 Å². The molecule has 8 nitrogen and oxygen atoms in total. The van der Waals surface area contributed by atoms with Crippen LogP contribution in [0.2, 0.25) is 0 Å². The number of hydrogen-bond acceptors (Lipinski definition) is 5. The second-order valence-electron chi connectivity index (χ2n) is 3.42. The third kappa shape index (κ3) is 2.54. The Hall–Kier alpha value is -2.51. The molecule has 0 spiro atoms. The van der Waals surface area contributed by atoms with Crippen molar-refractivity contribution in [1.82, 2.24) is 25.8 Å². The Morgan fingerprint density at radius 3 is 2.88 bits per heavy atom. The Bertz CT molecular complexity index is 472. The summed E-state index contributed by atoms with van der Waals surface area (Å²) in [4.78, 5) is 30.5. The van der Waals surface area contributed by atoms with E-state index in [1.807, 2.05) is 0 Å². The summed E-state index contributed by atoms with van der Waals surface area (Å²) in [7, 11) is 0. The fourth-order valence-electron chi connectivity index (χ4n) is 1.23. The molecule has 2 rings (SSSR count). The summed E-state index contributed by atoms with van der Waals surface area (Å²) in [6, 6.07) is -0.485. The van der Waals surface area contributed by atoms with E-state index in [1.54, 1.807) is 6.92 Å². The molecular formula is C9H10N6O2. The lowest BCUT2D eigenvalue weighted by molar-refractivity contribution is 0.0838. The van der Waals surface area contributed by atoms with Crippen LogP contribution in [0.3, 0.4) is 0 Å². The van der Waals surface area contributed by atoms with Crippen LogP contribution in [0.1, 0.15) is 17.3 Å². The van der Waals surface area contributed by atoms with Crippen LogP contribution in [0, 0.1) is 0 Å². The van der Waals surface area contributed by atoms with Crippen molar-refractivity contribution in [2.75, 3.05) is 6.54 Å². The molecule has 0 atom stereocenters. The zero-order valence-electron chi connectivity index (χ0n) is 9.04. The van der Waals surface area contributed by atoms with Gasteiger partial charge in [0.25, 0.3) is 5.91 Å². The number of aromatic nitrogens is 2. The van der Waals surface area contributed by atoms with Crippen molar-refractivity contribution < 1.29 is 9.59 Å². The summed E-state index contributed by atoms with van der Waals surface area (Å²) in [6.45, 7) is 1.98. The molecule has 1 aliphatic heterocycles. The molecule has 0 aromatic carbocycles. The zero-order valence-corrected chi connectivity index (χ0v) is 9.04. The maximum atomic E-state index is 11.7. The predicted molar refractivity (Wildman–Crippen MR) is 57.8 cm³/mol. The minimum atomic E-state index is -0.485. The van der Waals surface area contributed by atoms with Gasteiger partial charge in [-0.1, -0.05) is 0 Å². The molecule has 1 aliphatic rings. The summed E-state index contributed by atoms with van der Waals surface area (Å²) < 4.78 is 0. The molecular weight excluding hydrogens is 224 g/mol. The summed E-state index contributed by atoms with van der Waals surface area (Å²) in [5, 5.41) is 4.88. The average molecular weight is 234 g/mol. The molecule has 0 radical (unpaired) electrons. The number of carbonyl (C=O) groups excluding carboxylic acids is 2. The standard InChI is InChI=1S/C9H10N6O2/c1-6-4-15(9(17)13-12-6)14-8(16)7-2-10-5-11-3-7/h2-3,5H,4H2,1H3,(H,13,17)(H,14,16). The van der Waals surface area contributed by atoms with Crippen molar-refractivity contribution in [2.24, 2.45) is 5.10 Å². The topological polar surface area (TPSA) is 99.6 Å². The second-order valence-corrected chi connectivity index (χ2v) is 3.42. The van der Waals surface area contributed by atoms with Crippen LogP contribution < -0.4 is 10.9 Å². The van der Waals surface area contributed by atoms with Gasteiger partial charge in [0.2, 0.25) is 0 Å². The highest BCUT2D eigenvalue weighted by Crippen LogP contribution is 1.97. The summed E-state index contributed by atoms with van der Waals surface area (Å²) in [5.74, 6) is -0.449. The van der Waals surface area contributed by atoms with Gasteiger partial charge in [-0.3, -0.25) is 10.2 Å². The smallest absolute Gasteiger partial charge is 0.267 e. The number of hydrazone groups is 1. The van der Waals surface area contributed by atoms with Gasteiger partial charge >= 0.3 is 6.03 Å². The summed E-state index contributed by atoms with van der Waals surface area (Å²) >= 11 is 0. The van der Waals surface area contributed by atoms with E-state index >= 15 is 0 Å². The molecule has 1 aromatic rings. The molecule has 1 aromatic heterocycles. The van der Waals surface area contributed by atoms with Crippen molar-refractivity contribution in [3.8, 4) is 0 Å². The number of nitrogens with zero attached hydrogens (tertiary/aromatic N) is 4. The van der Waals surface area contributed by atoms with E-state index in [-0.39, 0.29) is 12.1 Å². The highest BCUT2D eigenvalue weighted by atomic mass is 16.2. The summed E-state index contributed by atoms with van der Waals surface area (Å²) in [5.41, 5.74) is 5.67. The zero-order chi connectivity index (χ0) is 12.3. The van der Waals surface area contributed by atoms with Crippen molar-refractivity contribution in [3.63, 3.8) is 0 Å². The van der Waals surface area contributed by atoms with Crippen LogP contribution >= 0.6 is 0 Å². The van der Waals surface area contributed by atoms with Crippen LogP contribution in [0.15, 0.2) is 23.8 Å². The van der Waals surface area contributed by atoms with E-state index in [9.17, 15) is 9.59 Å². The third-order valence-corrected chi connectivity index (χ3v) is 2.03. The maximum absolute atomic E-state index is 11.7. The molecule has 0 bridgehead atoms. The first kappa shape index (κ1) is 11.0. The first-order valence-electron chi connectivity index (χ1n) is 4.83. The Balaban J connectivity index is 2.05. The number of amides is 3. The second kappa shape index (κ2) is 4.56. The first-order chi connectivity index (χ1) is 8.16. The molecule has 2 N–H and O–H groups in total. The Kier molecular flexibility index (Phi) is 2.95. The lowest BCUT2D eigenvalue weighted by atomic mass is 10.3. The Morgan fingerprint density at radius 1 is 1.47 bits per heavy atom. The lowest BCUT2D eigenvalue weighted by Crippen LogP contribution is -2.54. The first-order valence-corrected chi connectivity index (χ1v) is 4.83. The molecule has 88 valence electrons. The van der Waals surface area contributed by atoms with Gasteiger partial charge < -0.3 is 0 Å². The average Bonchev–Trinajstić information content (AvgIpc) is 2.35. The van der Waals surface area contributed by atoms with Crippen LogP contribution in [-0.2, 0) is 0 Å². The number of urea groups is 1. The van der Waals surface area contributed by atoms with E-state index in [1.165, 1.54) is 18.7 Å². The van der Waals surface area contributed by atoms with E-state index in [2.05, 4.69) is 25.9 Å². The number of carbonyl (C=O) groups is 2. The number of rotatable bonds is 2. The molecule has 0 saturated heterocycles. The third-order valence-electron chi connectivity index (χ3n) is 2.03. The highest BCUT2D eigenvalue weighted by molar-refractivity contribution is 5.97. The summed E-state index contributed by atoms with van der Waals surface area (Å²) in [6.07, 6.45) is 4.05. The molecule has 0 unspecified atom stereocenters. The normalized spacial score (nSPS) is 15.0. The molecule has 0 aliphatic carbocycles. The van der Waals surface area contributed by atoms with Gasteiger partial charge in [0, 0.05) is 12.4 Å². The van der Waals surface area contributed by atoms with Crippen molar-refractivity contribution in [3.05, 3.63) is 24.3 Å². The van der Waals surface area contributed by atoms with Gasteiger partial charge in [0.05, 0.1) is 17.8 Å². The van der Waals surface area contributed by atoms with E-state index in [4.69, 9.17) is 0 Å². The largest absolute Gasteiger partial charge is 0.356 e. The fraction of sp³-hybridized carbons (Fsp3) is 0.222. The molecule has 3 amide bonds. The van der Waals surface area contributed by atoms with Gasteiger partial charge in [-0.25, -0.2) is 25.2 Å². The molecule has 0 fully saturated rings. The molecule has 17 heavy (non-hydrogen) atoms. The SMILES string of the molecule is CC1=NNC(=O)N(NC(=O)c2cncnc2)C1. The van der Waals surface area contributed by atoms with Crippen molar-refractivity contribution in [1.29, 1.82) is 0 Å². The fourth-order valence-corrected chi connectivity index (χ4v) is 1.23. The molecule has 8 heteroatoms. The van der Waals surface area contributed by atoms with Gasteiger partial charge in [0.15, 0.2) is 0 Å². The quantitative estimate of drug-likeness (QED) is 0.722. The molecule has 2 heterocycles. The Labute approximate surface area is 96.7 Å². The number of nitrogens with one attached hydrogen (secondary N) is 2. The Morgan fingerprint density at radius 2 is 2.18 bits per heavy atom. The van der Waals surface area contributed by atoms with E-state index in [0.29, 0.717) is 5.71 Å². The van der Waals surface area contributed by atoms with Crippen molar-refractivity contribution >= 4 is 17.6 Å². The maximum Gasteiger partial charge on any atom is 0.356 e. The minimum absolute atomic E-state index is 0.241. The van der Waals surface area contributed by atoms with Crippen molar-refractivity contribution in [2.45, 2.75) is 6.92 Å². The van der Waals surface area contributed by atoms with Crippen LogP contribution in [0.5, 0.6) is 0 Å².